The van der Waals surface area contributed by atoms with Gasteiger partial charge in [0.15, 0.2) is 0 Å². The molecule has 0 aromatic carbocycles. The summed E-state index contributed by atoms with van der Waals surface area (Å²) in [6.45, 7) is 3.04. The molecule has 1 unspecified atom stereocenters. The Hall–Kier alpha value is -0.0900. The molecule has 3 nitrogen and oxygen atoms in total. The summed E-state index contributed by atoms with van der Waals surface area (Å²) in [4.78, 5) is 0. The SMILES string of the molecule is CCCNC(CCC1CCCCC1)CS(C)(=O)=O. The van der Waals surface area contributed by atoms with Crippen LogP contribution in [-0.4, -0.2) is 33.0 Å². The van der Waals surface area contributed by atoms with E-state index in [1.807, 2.05) is 0 Å². The van der Waals surface area contributed by atoms with Gasteiger partial charge in [0, 0.05) is 12.3 Å². The van der Waals surface area contributed by atoms with Crippen molar-refractivity contribution >= 4 is 9.84 Å². The van der Waals surface area contributed by atoms with E-state index in [2.05, 4.69) is 12.2 Å². The summed E-state index contributed by atoms with van der Waals surface area (Å²) in [7, 11) is -2.87. The predicted molar refractivity (Wildman–Crippen MR) is 77.6 cm³/mol. The number of rotatable bonds is 8. The first kappa shape index (κ1) is 16.0. The van der Waals surface area contributed by atoms with Crippen LogP contribution in [0.15, 0.2) is 0 Å². The topological polar surface area (TPSA) is 46.2 Å². The molecule has 0 amide bonds. The molecule has 0 spiro atoms. The Bertz CT molecular complexity index is 308. The highest BCUT2D eigenvalue weighted by atomic mass is 32.2. The minimum absolute atomic E-state index is 0.155. The van der Waals surface area contributed by atoms with Crippen LogP contribution in [0.5, 0.6) is 0 Å². The highest BCUT2D eigenvalue weighted by Crippen LogP contribution is 2.27. The van der Waals surface area contributed by atoms with Crippen molar-refractivity contribution in [2.24, 2.45) is 5.92 Å². The second-order valence-electron chi connectivity index (χ2n) is 5.82. The van der Waals surface area contributed by atoms with Crippen molar-refractivity contribution in [2.75, 3.05) is 18.6 Å². The number of hydrogen-bond acceptors (Lipinski definition) is 3. The fraction of sp³-hybridized carbons (Fsp3) is 1.00. The average molecular weight is 275 g/mol. The summed E-state index contributed by atoms with van der Waals surface area (Å²) >= 11 is 0. The third-order valence-electron chi connectivity index (χ3n) is 3.84. The van der Waals surface area contributed by atoms with Crippen molar-refractivity contribution in [3.63, 3.8) is 0 Å². The first-order chi connectivity index (χ1) is 8.51. The molecule has 0 aromatic heterocycles. The molecule has 0 bridgehead atoms. The number of nitrogens with one attached hydrogen (secondary N) is 1. The maximum absolute atomic E-state index is 11.4. The Balaban J connectivity index is 2.34. The maximum Gasteiger partial charge on any atom is 0.148 e. The van der Waals surface area contributed by atoms with Gasteiger partial charge in [0.05, 0.1) is 5.75 Å². The van der Waals surface area contributed by atoms with Crippen LogP contribution in [0.4, 0.5) is 0 Å². The van der Waals surface area contributed by atoms with E-state index in [0.29, 0.717) is 5.75 Å². The van der Waals surface area contributed by atoms with Crippen molar-refractivity contribution in [1.29, 1.82) is 0 Å². The van der Waals surface area contributed by atoms with Gasteiger partial charge in [-0.3, -0.25) is 0 Å². The third-order valence-corrected chi connectivity index (χ3v) is 4.84. The van der Waals surface area contributed by atoms with Gasteiger partial charge in [0.2, 0.25) is 0 Å². The second-order valence-corrected chi connectivity index (χ2v) is 8.01. The first-order valence-corrected chi connectivity index (χ1v) is 9.48. The first-order valence-electron chi connectivity index (χ1n) is 7.42. The molecule has 1 rings (SSSR count). The monoisotopic (exact) mass is 275 g/mol. The van der Waals surface area contributed by atoms with Crippen LogP contribution in [0.3, 0.4) is 0 Å². The molecule has 108 valence electrons. The standard InChI is InChI=1S/C14H29NO2S/c1-3-11-15-14(12-18(2,16)17)10-9-13-7-5-4-6-8-13/h13-15H,3-12H2,1-2H3. The predicted octanol–water partition coefficient (Wildman–Crippen LogP) is 2.76. The second kappa shape index (κ2) is 8.16. The lowest BCUT2D eigenvalue weighted by Gasteiger charge is -2.24. The zero-order valence-electron chi connectivity index (χ0n) is 12.0. The minimum atomic E-state index is -2.87. The molecule has 1 saturated carbocycles. The van der Waals surface area contributed by atoms with E-state index in [9.17, 15) is 8.42 Å². The van der Waals surface area contributed by atoms with Gasteiger partial charge >= 0.3 is 0 Å². The van der Waals surface area contributed by atoms with Crippen LogP contribution in [0.1, 0.15) is 58.3 Å². The van der Waals surface area contributed by atoms with Gasteiger partial charge in [-0.2, -0.15) is 0 Å². The third kappa shape index (κ3) is 7.37. The van der Waals surface area contributed by atoms with Gasteiger partial charge in [-0.15, -0.1) is 0 Å². The Morgan fingerprint density at radius 3 is 2.44 bits per heavy atom. The molecule has 0 aliphatic heterocycles. The molecular formula is C14H29NO2S. The summed E-state index contributed by atoms with van der Waals surface area (Å²) in [5, 5.41) is 3.39. The van der Waals surface area contributed by atoms with Gasteiger partial charge < -0.3 is 5.32 Å². The fourth-order valence-electron chi connectivity index (χ4n) is 2.87. The van der Waals surface area contributed by atoms with Crippen LogP contribution in [-0.2, 0) is 9.84 Å². The van der Waals surface area contributed by atoms with E-state index in [1.54, 1.807) is 0 Å². The molecule has 1 aliphatic carbocycles. The van der Waals surface area contributed by atoms with Crippen LogP contribution >= 0.6 is 0 Å². The Labute approximate surface area is 113 Å². The zero-order chi connectivity index (χ0) is 13.4. The largest absolute Gasteiger partial charge is 0.313 e. The molecular weight excluding hydrogens is 246 g/mol. The Kier molecular flexibility index (Phi) is 7.23. The molecule has 0 heterocycles. The summed E-state index contributed by atoms with van der Waals surface area (Å²) in [6.07, 6.45) is 11.4. The lowest BCUT2D eigenvalue weighted by molar-refractivity contribution is 0.317. The maximum atomic E-state index is 11.4. The average Bonchev–Trinajstić information content (AvgIpc) is 2.32. The van der Waals surface area contributed by atoms with Crippen molar-refractivity contribution in [3.05, 3.63) is 0 Å². The molecule has 0 radical (unpaired) electrons. The molecule has 1 N–H and O–H groups in total. The molecule has 0 aromatic rings. The van der Waals surface area contributed by atoms with E-state index in [4.69, 9.17) is 0 Å². The van der Waals surface area contributed by atoms with Crippen LogP contribution in [0.2, 0.25) is 0 Å². The Morgan fingerprint density at radius 2 is 1.89 bits per heavy atom. The van der Waals surface area contributed by atoms with Crippen LogP contribution < -0.4 is 5.32 Å². The van der Waals surface area contributed by atoms with Gasteiger partial charge in [-0.25, -0.2) is 8.42 Å². The van der Waals surface area contributed by atoms with Crippen LogP contribution in [0.25, 0.3) is 0 Å². The molecule has 1 fully saturated rings. The van der Waals surface area contributed by atoms with Gasteiger partial charge in [0.25, 0.3) is 0 Å². The quantitative estimate of drug-likeness (QED) is 0.741. The molecule has 18 heavy (non-hydrogen) atoms. The lowest BCUT2D eigenvalue weighted by Crippen LogP contribution is -2.36. The van der Waals surface area contributed by atoms with Gasteiger partial charge in [-0.1, -0.05) is 39.0 Å². The van der Waals surface area contributed by atoms with E-state index in [0.717, 1.165) is 25.3 Å². The zero-order valence-corrected chi connectivity index (χ0v) is 12.8. The summed E-state index contributed by atoms with van der Waals surface area (Å²) in [5.41, 5.74) is 0. The normalized spacial score (nSPS) is 19.9. The molecule has 1 aliphatic rings. The van der Waals surface area contributed by atoms with Gasteiger partial charge in [-0.05, 0) is 31.7 Å². The molecule has 0 saturated heterocycles. The van der Waals surface area contributed by atoms with E-state index < -0.39 is 9.84 Å². The van der Waals surface area contributed by atoms with E-state index >= 15 is 0 Å². The van der Waals surface area contributed by atoms with Gasteiger partial charge in [0.1, 0.15) is 9.84 Å². The van der Waals surface area contributed by atoms with E-state index in [1.165, 1.54) is 44.8 Å². The van der Waals surface area contributed by atoms with Crippen molar-refractivity contribution in [2.45, 2.75) is 64.3 Å². The fourth-order valence-corrected chi connectivity index (χ4v) is 3.89. The molecule has 4 heteroatoms. The van der Waals surface area contributed by atoms with Crippen molar-refractivity contribution in [1.82, 2.24) is 5.32 Å². The van der Waals surface area contributed by atoms with Crippen LogP contribution in [0, 0.1) is 5.92 Å². The van der Waals surface area contributed by atoms with E-state index in [-0.39, 0.29) is 6.04 Å². The Morgan fingerprint density at radius 1 is 1.22 bits per heavy atom. The number of hydrogen-bond donors (Lipinski definition) is 1. The summed E-state index contributed by atoms with van der Waals surface area (Å²) in [5.74, 6) is 1.13. The summed E-state index contributed by atoms with van der Waals surface area (Å²) in [6, 6.07) is 0.155. The molecule has 1 atom stereocenters. The minimum Gasteiger partial charge on any atom is -0.313 e. The summed E-state index contributed by atoms with van der Waals surface area (Å²) < 4.78 is 22.8. The highest BCUT2D eigenvalue weighted by molar-refractivity contribution is 7.90. The number of sulfone groups is 1. The smallest absolute Gasteiger partial charge is 0.148 e. The lowest BCUT2D eigenvalue weighted by atomic mass is 9.85. The van der Waals surface area contributed by atoms with Crippen molar-refractivity contribution in [3.8, 4) is 0 Å². The van der Waals surface area contributed by atoms with Crippen molar-refractivity contribution < 1.29 is 8.42 Å². The highest BCUT2D eigenvalue weighted by Gasteiger charge is 2.18.